The second-order valence-corrected chi connectivity index (χ2v) is 8.22. The molecule has 1 aliphatic heterocycles. The summed E-state index contributed by atoms with van der Waals surface area (Å²) < 4.78 is 2.04. The highest BCUT2D eigenvalue weighted by molar-refractivity contribution is 9.11. The highest BCUT2D eigenvalue weighted by atomic mass is 79.9. The predicted molar refractivity (Wildman–Crippen MR) is 111 cm³/mol. The summed E-state index contributed by atoms with van der Waals surface area (Å²) in [6.45, 7) is 5.03. The van der Waals surface area contributed by atoms with Crippen molar-refractivity contribution in [1.29, 1.82) is 0 Å². The van der Waals surface area contributed by atoms with Gasteiger partial charge < -0.3 is 15.5 Å². The Morgan fingerprint density at radius 2 is 1.73 bits per heavy atom. The number of amides is 1. The number of nitrogens with zero attached hydrogens (tertiary/aromatic N) is 3. The van der Waals surface area contributed by atoms with Gasteiger partial charge in [0.25, 0.3) is 0 Å². The number of benzene rings is 1. The first kappa shape index (κ1) is 19.3. The third-order valence-corrected chi connectivity index (χ3v) is 6.38. The fourth-order valence-corrected chi connectivity index (χ4v) is 4.41. The molecule has 0 radical (unpaired) electrons. The first-order valence-electron chi connectivity index (χ1n) is 8.59. The van der Waals surface area contributed by atoms with Crippen LogP contribution in [0.5, 0.6) is 0 Å². The van der Waals surface area contributed by atoms with Crippen molar-refractivity contribution < 1.29 is 4.79 Å². The molecule has 3 rings (SSSR count). The van der Waals surface area contributed by atoms with Gasteiger partial charge in [-0.1, -0.05) is 31.9 Å². The monoisotopic (exact) mass is 480 g/mol. The van der Waals surface area contributed by atoms with E-state index in [0.717, 1.165) is 38.8 Å². The maximum absolute atomic E-state index is 12.7. The van der Waals surface area contributed by atoms with E-state index in [2.05, 4.69) is 41.7 Å². The molecular weight excluding hydrogens is 460 g/mol. The minimum Gasteiger partial charge on any atom is -0.368 e. The van der Waals surface area contributed by atoms with Gasteiger partial charge >= 0.3 is 0 Å². The largest absolute Gasteiger partial charge is 0.368 e. The zero-order valence-electron chi connectivity index (χ0n) is 14.7. The predicted octanol–water partition coefficient (Wildman–Crippen LogP) is 3.13. The normalized spacial score (nSPS) is 15.8. The van der Waals surface area contributed by atoms with Crippen LogP contribution in [0.15, 0.2) is 45.6 Å². The first-order chi connectivity index (χ1) is 12.5. The lowest BCUT2D eigenvalue weighted by atomic mass is 10.0. The van der Waals surface area contributed by atoms with Crippen molar-refractivity contribution in [3.8, 4) is 0 Å². The average molecular weight is 482 g/mol. The molecule has 1 saturated heterocycles. The molecule has 0 bridgehead atoms. The number of anilines is 1. The van der Waals surface area contributed by atoms with Crippen LogP contribution in [0.4, 0.5) is 5.69 Å². The summed E-state index contributed by atoms with van der Waals surface area (Å²) in [7, 11) is 0. The molecule has 1 unspecified atom stereocenters. The maximum Gasteiger partial charge on any atom is 0.239 e. The topological polar surface area (TPSA) is 62.5 Å². The summed E-state index contributed by atoms with van der Waals surface area (Å²) in [6, 6.07) is 7.54. The van der Waals surface area contributed by atoms with Crippen molar-refractivity contribution >= 4 is 43.5 Å². The lowest BCUT2D eigenvalue weighted by Crippen LogP contribution is -2.53. The van der Waals surface area contributed by atoms with E-state index in [4.69, 9.17) is 5.73 Å². The van der Waals surface area contributed by atoms with Crippen LogP contribution >= 0.6 is 31.9 Å². The van der Waals surface area contributed by atoms with Crippen molar-refractivity contribution in [2.75, 3.05) is 31.1 Å². The Balaban J connectivity index is 1.58. The van der Waals surface area contributed by atoms with Crippen molar-refractivity contribution in [1.82, 2.24) is 9.88 Å². The molecule has 0 saturated carbocycles. The van der Waals surface area contributed by atoms with Crippen LogP contribution in [0.1, 0.15) is 11.1 Å². The summed E-state index contributed by atoms with van der Waals surface area (Å²) in [5, 5.41) is 0. The van der Waals surface area contributed by atoms with Gasteiger partial charge in [0.2, 0.25) is 5.91 Å². The summed E-state index contributed by atoms with van der Waals surface area (Å²) in [5.74, 6) is 0.0206. The van der Waals surface area contributed by atoms with E-state index in [9.17, 15) is 4.79 Å². The van der Waals surface area contributed by atoms with Gasteiger partial charge in [-0.15, -0.1) is 0 Å². The fraction of sp³-hybridized carbons (Fsp3) is 0.368. The Bertz CT molecular complexity index is 753. The van der Waals surface area contributed by atoms with Crippen LogP contribution in [0, 0.1) is 6.92 Å². The third-order valence-electron chi connectivity index (χ3n) is 4.73. The zero-order chi connectivity index (χ0) is 18.7. The number of rotatable bonds is 4. The number of pyridine rings is 1. The summed E-state index contributed by atoms with van der Waals surface area (Å²) in [4.78, 5) is 20.9. The molecule has 1 aromatic carbocycles. The summed E-state index contributed by atoms with van der Waals surface area (Å²) in [5.41, 5.74) is 9.55. The SMILES string of the molecule is Cc1c(Br)cc(CC(N)C(=O)N2CCN(c3ccncc3)CC2)cc1Br. The second-order valence-electron chi connectivity index (χ2n) is 6.51. The standard InChI is InChI=1S/C19H22Br2N4O/c1-13-16(20)10-14(11-17(13)21)12-18(22)19(26)25-8-6-24(7-9-25)15-2-4-23-5-3-15/h2-5,10-11,18H,6-9,12,22H2,1H3. The Kier molecular flexibility index (Phi) is 6.32. The molecule has 1 amide bonds. The fourth-order valence-electron chi connectivity index (χ4n) is 3.13. The molecule has 5 nitrogen and oxygen atoms in total. The summed E-state index contributed by atoms with van der Waals surface area (Å²) >= 11 is 7.11. The van der Waals surface area contributed by atoms with Crippen LogP contribution in [0.2, 0.25) is 0 Å². The third kappa shape index (κ3) is 4.45. The van der Waals surface area contributed by atoms with E-state index >= 15 is 0 Å². The Hall–Kier alpha value is -1.44. The number of carbonyl (C=O) groups is 1. The molecule has 1 aromatic heterocycles. The molecule has 0 spiro atoms. The molecule has 1 atom stereocenters. The van der Waals surface area contributed by atoms with Gasteiger partial charge in [0, 0.05) is 53.2 Å². The average Bonchev–Trinajstić information content (AvgIpc) is 2.66. The van der Waals surface area contributed by atoms with Crippen molar-refractivity contribution in [2.45, 2.75) is 19.4 Å². The Morgan fingerprint density at radius 1 is 1.15 bits per heavy atom. The molecule has 26 heavy (non-hydrogen) atoms. The Labute approximate surface area is 170 Å². The molecular formula is C19H22Br2N4O. The lowest BCUT2D eigenvalue weighted by molar-refractivity contribution is -0.132. The molecule has 2 N–H and O–H groups in total. The molecule has 0 aliphatic carbocycles. The van der Waals surface area contributed by atoms with Crippen molar-refractivity contribution in [2.24, 2.45) is 5.73 Å². The van der Waals surface area contributed by atoms with E-state index in [1.807, 2.05) is 36.1 Å². The van der Waals surface area contributed by atoms with Crippen LogP contribution < -0.4 is 10.6 Å². The number of piperazine rings is 1. The maximum atomic E-state index is 12.7. The van der Waals surface area contributed by atoms with E-state index in [0.29, 0.717) is 19.5 Å². The number of hydrogen-bond acceptors (Lipinski definition) is 4. The van der Waals surface area contributed by atoms with E-state index < -0.39 is 6.04 Å². The van der Waals surface area contributed by atoms with Crippen LogP contribution in [-0.4, -0.2) is 48.0 Å². The quantitative estimate of drug-likeness (QED) is 0.728. The molecule has 1 aliphatic rings. The Morgan fingerprint density at radius 3 is 2.31 bits per heavy atom. The highest BCUT2D eigenvalue weighted by Crippen LogP contribution is 2.27. The number of nitrogens with two attached hydrogens (primary N) is 1. The van der Waals surface area contributed by atoms with Gasteiger partial charge in [-0.3, -0.25) is 9.78 Å². The molecule has 138 valence electrons. The lowest BCUT2D eigenvalue weighted by Gasteiger charge is -2.37. The summed E-state index contributed by atoms with van der Waals surface area (Å²) in [6.07, 6.45) is 4.11. The molecule has 2 aromatic rings. The van der Waals surface area contributed by atoms with Gasteiger partial charge in [0.05, 0.1) is 6.04 Å². The van der Waals surface area contributed by atoms with Crippen molar-refractivity contribution in [3.63, 3.8) is 0 Å². The van der Waals surface area contributed by atoms with Gasteiger partial charge in [-0.25, -0.2) is 0 Å². The van der Waals surface area contributed by atoms with Gasteiger partial charge in [-0.05, 0) is 48.7 Å². The van der Waals surface area contributed by atoms with Crippen LogP contribution in [-0.2, 0) is 11.2 Å². The zero-order valence-corrected chi connectivity index (χ0v) is 17.8. The smallest absolute Gasteiger partial charge is 0.239 e. The number of halogens is 2. The van der Waals surface area contributed by atoms with E-state index in [-0.39, 0.29) is 5.91 Å². The number of aromatic nitrogens is 1. The van der Waals surface area contributed by atoms with Gasteiger partial charge in [0.1, 0.15) is 0 Å². The van der Waals surface area contributed by atoms with Crippen LogP contribution in [0.25, 0.3) is 0 Å². The van der Waals surface area contributed by atoms with Gasteiger partial charge in [0.15, 0.2) is 0 Å². The second kappa shape index (κ2) is 8.50. The first-order valence-corrected chi connectivity index (χ1v) is 10.2. The van der Waals surface area contributed by atoms with Crippen molar-refractivity contribution in [3.05, 3.63) is 56.7 Å². The van der Waals surface area contributed by atoms with E-state index in [1.165, 1.54) is 0 Å². The van der Waals surface area contributed by atoms with E-state index in [1.54, 1.807) is 12.4 Å². The minimum absolute atomic E-state index is 0.0206. The minimum atomic E-state index is -0.524. The molecule has 1 fully saturated rings. The van der Waals surface area contributed by atoms with Gasteiger partial charge in [-0.2, -0.15) is 0 Å². The number of carbonyl (C=O) groups excluding carboxylic acids is 1. The molecule has 7 heteroatoms. The number of hydrogen-bond donors (Lipinski definition) is 1. The molecule has 2 heterocycles. The van der Waals surface area contributed by atoms with Crippen LogP contribution in [0.3, 0.4) is 0 Å². The highest BCUT2D eigenvalue weighted by Gasteiger charge is 2.25.